The van der Waals surface area contributed by atoms with Crippen molar-refractivity contribution in [3.05, 3.63) is 30.1 Å². The summed E-state index contributed by atoms with van der Waals surface area (Å²) in [6.07, 6.45) is 1.21. The monoisotopic (exact) mass is 307 g/mol. The Morgan fingerprint density at radius 2 is 2.35 bits per heavy atom. The molecule has 20 heavy (non-hydrogen) atoms. The SMILES string of the molecule is Cl.FC(F)COCCN1CCNCC1c1cccnc1. The molecule has 1 aromatic heterocycles. The van der Waals surface area contributed by atoms with E-state index in [1.807, 2.05) is 18.3 Å². The zero-order valence-corrected chi connectivity index (χ0v) is 12.0. The first-order valence-corrected chi connectivity index (χ1v) is 6.48. The largest absolute Gasteiger partial charge is 0.374 e. The van der Waals surface area contributed by atoms with Crippen molar-refractivity contribution in [3.8, 4) is 0 Å². The summed E-state index contributed by atoms with van der Waals surface area (Å²) in [4.78, 5) is 6.38. The molecule has 1 N–H and O–H groups in total. The molecule has 1 aliphatic heterocycles. The van der Waals surface area contributed by atoms with E-state index >= 15 is 0 Å². The minimum Gasteiger partial charge on any atom is -0.374 e. The van der Waals surface area contributed by atoms with Gasteiger partial charge in [0.25, 0.3) is 6.43 Å². The number of hydrogen-bond donors (Lipinski definition) is 1. The predicted molar refractivity (Wildman–Crippen MR) is 75.5 cm³/mol. The summed E-state index contributed by atoms with van der Waals surface area (Å²) >= 11 is 0. The maximum Gasteiger partial charge on any atom is 0.261 e. The van der Waals surface area contributed by atoms with Crippen LogP contribution in [0.2, 0.25) is 0 Å². The predicted octanol–water partition coefficient (Wildman–Crippen LogP) is 1.73. The van der Waals surface area contributed by atoms with Crippen molar-refractivity contribution in [3.63, 3.8) is 0 Å². The van der Waals surface area contributed by atoms with Crippen LogP contribution >= 0.6 is 12.4 Å². The molecule has 0 amide bonds. The molecule has 0 aromatic carbocycles. The van der Waals surface area contributed by atoms with Gasteiger partial charge in [0.15, 0.2) is 0 Å². The van der Waals surface area contributed by atoms with Gasteiger partial charge in [-0.3, -0.25) is 9.88 Å². The molecule has 0 saturated carbocycles. The number of pyridine rings is 1. The topological polar surface area (TPSA) is 37.4 Å². The van der Waals surface area contributed by atoms with E-state index in [-0.39, 0.29) is 18.4 Å². The van der Waals surface area contributed by atoms with E-state index < -0.39 is 13.0 Å². The van der Waals surface area contributed by atoms with Gasteiger partial charge in [0.2, 0.25) is 0 Å². The average Bonchev–Trinajstić information content (AvgIpc) is 2.45. The van der Waals surface area contributed by atoms with Crippen molar-refractivity contribution in [2.75, 3.05) is 39.4 Å². The number of piperazine rings is 1. The maximum atomic E-state index is 12.0. The number of aromatic nitrogens is 1. The lowest BCUT2D eigenvalue weighted by Crippen LogP contribution is -2.47. The molecule has 0 aliphatic carbocycles. The number of nitrogens with one attached hydrogen (secondary N) is 1. The van der Waals surface area contributed by atoms with Crippen molar-refractivity contribution >= 4 is 12.4 Å². The van der Waals surface area contributed by atoms with Crippen LogP contribution in [0.4, 0.5) is 8.78 Å². The van der Waals surface area contributed by atoms with Gasteiger partial charge in [-0.2, -0.15) is 0 Å². The first kappa shape index (κ1) is 17.2. The highest BCUT2D eigenvalue weighted by molar-refractivity contribution is 5.85. The van der Waals surface area contributed by atoms with Crippen LogP contribution in [0.25, 0.3) is 0 Å². The third-order valence-electron chi connectivity index (χ3n) is 3.19. The molecular weight excluding hydrogens is 288 g/mol. The highest BCUT2D eigenvalue weighted by Crippen LogP contribution is 2.20. The zero-order chi connectivity index (χ0) is 13.5. The van der Waals surface area contributed by atoms with Crippen molar-refractivity contribution in [1.82, 2.24) is 15.2 Å². The fraction of sp³-hybridized carbons (Fsp3) is 0.615. The summed E-state index contributed by atoms with van der Waals surface area (Å²) in [5.41, 5.74) is 1.14. The summed E-state index contributed by atoms with van der Waals surface area (Å²) < 4.78 is 28.9. The molecule has 1 saturated heterocycles. The molecule has 2 heterocycles. The Morgan fingerprint density at radius 3 is 3.05 bits per heavy atom. The molecule has 0 spiro atoms. The molecule has 2 rings (SSSR count). The minimum absolute atomic E-state index is 0. The van der Waals surface area contributed by atoms with Gasteiger partial charge in [-0.25, -0.2) is 8.78 Å². The number of halogens is 3. The van der Waals surface area contributed by atoms with Gasteiger partial charge in [0.1, 0.15) is 6.61 Å². The minimum atomic E-state index is -2.39. The average molecular weight is 308 g/mol. The molecular formula is C13H20ClF2N3O. The normalized spacial score (nSPS) is 19.9. The van der Waals surface area contributed by atoms with E-state index in [0.717, 1.165) is 25.2 Å². The Bertz CT molecular complexity index is 370. The number of nitrogens with zero attached hydrogens (tertiary/aromatic N) is 2. The summed E-state index contributed by atoms with van der Waals surface area (Å²) in [5, 5.41) is 3.34. The molecule has 1 aliphatic rings. The molecule has 1 fully saturated rings. The van der Waals surface area contributed by atoms with Crippen LogP contribution in [0.5, 0.6) is 0 Å². The Kier molecular flexibility index (Phi) is 7.91. The quantitative estimate of drug-likeness (QED) is 0.812. The highest BCUT2D eigenvalue weighted by Gasteiger charge is 2.23. The van der Waals surface area contributed by atoms with Gasteiger partial charge in [0.05, 0.1) is 6.61 Å². The fourth-order valence-electron chi connectivity index (χ4n) is 2.27. The first-order valence-electron chi connectivity index (χ1n) is 6.48. The standard InChI is InChI=1S/C13H19F2N3O.ClH/c14-13(15)10-19-7-6-18-5-4-17-9-12(18)11-2-1-3-16-8-11;/h1-3,8,12-13,17H,4-7,9-10H2;1H. The van der Waals surface area contributed by atoms with Crippen LogP contribution in [0.15, 0.2) is 24.5 Å². The molecule has 7 heteroatoms. The van der Waals surface area contributed by atoms with E-state index in [4.69, 9.17) is 4.74 Å². The van der Waals surface area contributed by atoms with E-state index in [1.165, 1.54) is 0 Å². The zero-order valence-electron chi connectivity index (χ0n) is 11.2. The van der Waals surface area contributed by atoms with Gasteiger partial charge in [-0.1, -0.05) is 6.07 Å². The molecule has 0 radical (unpaired) electrons. The van der Waals surface area contributed by atoms with Crippen LogP contribution in [0.1, 0.15) is 11.6 Å². The van der Waals surface area contributed by atoms with Crippen LogP contribution in [0, 0.1) is 0 Å². The van der Waals surface area contributed by atoms with Crippen molar-refractivity contribution in [2.45, 2.75) is 12.5 Å². The second-order valence-corrected chi connectivity index (χ2v) is 4.51. The lowest BCUT2D eigenvalue weighted by molar-refractivity contribution is 0.00368. The Balaban J connectivity index is 0.00000200. The van der Waals surface area contributed by atoms with E-state index in [0.29, 0.717) is 13.2 Å². The van der Waals surface area contributed by atoms with E-state index in [9.17, 15) is 8.78 Å². The molecule has 1 atom stereocenters. The lowest BCUT2D eigenvalue weighted by Gasteiger charge is -2.36. The van der Waals surface area contributed by atoms with E-state index in [1.54, 1.807) is 6.20 Å². The molecule has 0 bridgehead atoms. The number of ether oxygens (including phenoxy) is 1. The maximum absolute atomic E-state index is 12.0. The Hall–Kier alpha value is -0.820. The van der Waals surface area contributed by atoms with Gasteiger partial charge in [0, 0.05) is 44.6 Å². The number of rotatable bonds is 6. The third kappa shape index (κ3) is 5.28. The molecule has 1 aromatic rings. The van der Waals surface area contributed by atoms with Gasteiger partial charge in [-0.05, 0) is 11.6 Å². The van der Waals surface area contributed by atoms with Gasteiger partial charge >= 0.3 is 0 Å². The van der Waals surface area contributed by atoms with Crippen LogP contribution in [-0.4, -0.2) is 55.7 Å². The Labute approximate surface area is 123 Å². The van der Waals surface area contributed by atoms with Crippen LogP contribution in [-0.2, 0) is 4.74 Å². The summed E-state index contributed by atoms with van der Waals surface area (Å²) in [6.45, 7) is 3.16. The molecule has 1 unspecified atom stereocenters. The number of hydrogen-bond acceptors (Lipinski definition) is 4. The van der Waals surface area contributed by atoms with Gasteiger partial charge in [-0.15, -0.1) is 12.4 Å². The summed E-state index contributed by atoms with van der Waals surface area (Å²) in [5.74, 6) is 0. The van der Waals surface area contributed by atoms with Crippen molar-refractivity contribution in [2.24, 2.45) is 0 Å². The van der Waals surface area contributed by atoms with Crippen LogP contribution in [0.3, 0.4) is 0 Å². The molecule has 114 valence electrons. The first-order chi connectivity index (χ1) is 9.27. The lowest BCUT2D eigenvalue weighted by atomic mass is 10.1. The smallest absolute Gasteiger partial charge is 0.261 e. The fourth-order valence-corrected chi connectivity index (χ4v) is 2.27. The van der Waals surface area contributed by atoms with E-state index in [2.05, 4.69) is 15.2 Å². The second kappa shape index (κ2) is 9.18. The van der Waals surface area contributed by atoms with Crippen LogP contribution < -0.4 is 5.32 Å². The Morgan fingerprint density at radius 1 is 1.50 bits per heavy atom. The summed E-state index contributed by atoms with van der Waals surface area (Å²) in [6, 6.07) is 4.19. The summed E-state index contributed by atoms with van der Waals surface area (Å²) in [7, 11) is 0. The van der Waals surface area contributed by atoms with Crippen molar-refractivity contribution in [1.29, 1.82) is 0 Å². The van der Waals surface area contributed by atoms with Crippen molar-refractivity contribution < 1.29 is 13.5 Å². The highest BCUT2D eigenvalue weighted by atomic mass is 35.5. The molecule has 4 nitrogen and oxygen atoms in total. The second-order valence-electron chi connectivity index (χ2n) is 4.51. The van der Waals surface area contributed by atoms with Gasteiger partial charge < -0.3 is 10.1 Å². The third-order valence-corrected chi connectivity index (χ3v) is 3.19. The number of alkyl halides is 2.